The summed E-state index contributed by atoms with van der Waals surface area (Å²) in [6.07, 6.45) is 4.14. The zero-order chi connectivity index (χ0) is 19.9. The Morgan fingerprint density at radius 1 is 0.828 bits per heavy atom. The first-order chi connectivity index (χ1) is 14.3. The number of rotatable bonds is 5. The van der Waals surface area contributed by atoms with Crippen molar-refractivity contribution in [3.8, 4) is 16.9 Å². The van der Waals surface area contributed by atoms with E-state index in [9.17, 15) is 4.79 Å². The van der Waals surface area contributed by atoms with Crippen LogP contribution >= 0.6 is 0 Å². The number of nitrogens with zero attached hydrogens (tertiary/aromatic N) is 1. The molecule has 0 unspecified atom stereocenters. The van der Waals surface area contributed by atoms with Gasteiger partial charge in [-0.1, -0.05) is 72.8 Å². The van der Waals surface area contributed by atoms with Gasteiger partial charge in [-0.05, 0) is 42.9 Å². The van der Waals surface area contributed by atoms with Crippen LogP contribution in [0.2, 0.25) is 0 Å². The van der Waals surface area contributed by atoms with Gasteiger partial charge < -0.3 is 4.74 Å². The summed E-state index contributed by atoms with van der Waals surface area (Å²) in [5.74, 6) is 0.420. The van der Waals surface area contributed by atoms with Crippen molar-refractivity contribution in [1.29, 1.82) is 0 Å². The zero-order valence-corrected chi connectivity index (χ0v) is 16.3. The van der Waals surface area contributed by atoms with E-state index in [-0.39, 0.29) is 12.5 Å². The summed E-state index contributed by atoms with van der Waals surface area (Å²) in [5, 5.41) is 4.41. The summed E-state index contributed by atoms with van der Waals surface area (Å²) in [6.45, 7) is -0.0811. The number of hydrogen-bond acceptors (Lipinski definition) is 3. The highest BCUT2D eigenvalue weighted by Gasteiger charge is 2.14. The molecule has 4 nitrogen and oxygen atoms in total. The third-order valence-electron chi connectivity index (χ3n) is 5.08. The maximum atomic E-state index is 12.4. The van der Waals surface area contributed by atoms with Gasteiger partial charge in [-0.25, -0.2) is 5.43 Å². The second kappa shape index (κ2) is 9.20. The lowest BCUT2D eigenvalue weighted by Gasteiger charge is -2.11. The molecule has 146 valence electrons. The Morgan fingerprint density at radius 3 is 2.38 bits per heavy atom. The van der Waals surface area contributed by atoms with Crippen LogP contribution in [-0.2, 0) is 11.2 Å². The van der Waals surface area contributed by atoms with Crippen LogP contribution in [-0.4, -0.2) is 18.2 Å². The fraction of sp³-hybridized carbons (Fsp3) is 0.200. The van der Waals surface area contributed by atoms with Crippen LogP contribution in [0.15, 0.2) is 84.0 Å². The summed E-state index contributed by atoms with van der Waals surface area (Å²) in [5.41, 5.74) is 8.07. The lowest BCUT2D eigenvalue weighted by molar-refractivity contribution is -0.123. The van der Waals surface area contributed by atoms with Crippen LogP contribution in [0.4, 0.5) is 0 Å². The number of nitrogens with one attached hydrogen (secondary N) is 1. The van der Waals surface area contributed by atoms with Crippen LogP contribution in [0.3, 0.4) is 0 Å². The molecular formula is C25H24N2O2. The lowest BCUT2D eigenvalue weighted by atomic mass is 10.0. The number of hydrazone groups is 1. The fourth-order valence-corrected chi connectivity index (χ4v) is 3.63. The first-order valence-electron chi connectivity index (χ1n) is 10.0. The van der Waals surface area contributed by atoms with Gasteiger partial charge in [-0.2, -0.15) is 5.10 Å². The highest BCUT2D eigenvalue weighted by atomic mass is 16.5. The number of benzene rings is 3. The maximum Gasteiger partial charge on any atom is 0.277 e. The molecule has 29 heavy (non-hydrogen) atoms. The van der Waals surface area contributed by atoms with Gasteiger partial charge >= 0.3 is 0 Å². The van der Waals surface area contributed by atoms with Crippen LogP contribution in [0.25, 0.3) is 11.1 Å². The largest absolute Gasteiger partial charge is 0.483 e. The molecule has 0 aromatic heterocycles. The highest BCUT2D eigenvalue weighted by molar-refractivity contribution is 6.02. The van der Waals surface area contributed by atoms with Gasteiger partial charge in [0.2, 0.25) is 0 Å². The second-order valence-electron chi connectivity index (χ2n) is 7.11. The van der Waals surface area contributed by atoms with E-state index in [1.54, 1.807) is 0 Å². The van der Waals surface area contributed by atoms with Crippen molar-refractivity contribution in [2.75, 3.05) is 6.61 Å². The third-order valence-corrected chi connectivity index (χ3v) is 5.08. The van der Waals surface area contributed by atoms with Gasteiger partial charge in [-0.3, -0.25) is 4.79 Å². The topological polar surface area (TPSA) is 50.7 Å². The summed E-state index contributed by atoms with van der Waals surface area (Å²) in [6, 6.07) is 26.0. The molecule has 0 saturated heterocycles. The summed E-state index contributed by atoms with van der Waals surface area (Å²) in [4.78, 5) is 12.4. The number of fused-ring (bicyclic) bond motifs is 1. The molecule has 1 aliphatic carbocycles. The average Bonchev–Trinajstić information content (AvgIpc) is 2.99. The molecule has 3 aromatic carbocycles. The van der Waals surface area contributed by atoms with Gasteiger partial charge in [0.25, 0.3) is 5.91 Å². The third kappa shape index (κ3) is 4.72. The quantitative estimate of drug-likeness (QED) is 0.498. The molecule has 0 atom stereocenters. The van der Waals surface area contributed by atoms with E-state index in [1.165, 1.54) is 5.56 Å². The Bertz CT molecular complexity index is 1010. The van der Waals surface area contributed by atoms with Gasteiger partial charge in [0.05, 0.1) is 5.71 Å². The van der Waals surface area contributed by atoms with Crippen LogP contribution in [0.1, 0.15) is 30.4 Å². The molecule has 1 amide bonds. The lowest BCUT2D eigenvalue weighted by Crippen LogP contribution is -2.26. The number of para-hydroxylation sites is 1. The molecule has 4 rings (SSSR count). The normalized spacial score (nSPS) is 14.7. The smallest absolute Gasteiger partial charge is 0.277 e. The first-order valence-corrected chi connectivity index (χ1v) is 10.0. The molecule has 1 N–H and O–H groups in total. The molecule has 0 spiro atoms. The Morgan fingerprint density at radius 2 is 1.52 bits per heavy atom. The van der Waals surface area contributed by atoms with E-state index in [4.69, 9.17) is 4.74 Å². The highest BCUT2D eigenvalue weighted by Crippen LogP contribution is 2.29. The van der Waals surface area contributed by atoms with Gasteiger partial charge in [0, 0.05) is 11.1 Å². The Kier molecular flexibility index (Phi) is 6.01. The minimum Gasteiger partial charge on any atom is -0.483 e. The number of aryl methyl sites for hydroxylation is 1. The minimum atomic E-state index is -0.262. The first kappa shape index (κ1) is 18.9. The van der Waals surface area contributed by atoms with Crippen LogP contribution < -0.4 is 10.2 Å². The van der Waals surface area contributed by atoms with Crippen molar-refractivity contribution in [3.05, 3.63) is 90.0 Å². The molecule has 0 fully saturated rings. The van der Waals surface area contributed by atoms with E-state index in [1.807, 2.05) is 60.7 Å². The van der Waals surface area contributed by atoms with E-state index < -0.39 is 0 Å². The fourth-order valence-electron chi connectivity index (χ4n) is 3.63. The van der Waals surface area contributed by atoms with Crippen molar-refractivity contribution in [3.63, 3.8) is 0 Å². The molecule has 0 saturated carbocycles. The van der Waals surface area contributed by atoms with Crippen molar-refractivity contribution < 1.29 is 9.53 Å². The monoisotopic (exact) mass is 384 g/mol. The van der Waals surface area contributed by atoms with E-state index >= 15 is 0 Å². The molecule has 3 aromatic rings. The number of carbonyl (C=O) groups excluding carboxylic acids is 1. The minimum absolute atomic E-state index is 0.0811. The average molecular weight is 384 g/mol. The molecule has 4 heteroatoms. The SMILES string of the molecule is O=C(COc1ccccc1-c1ccccc1)N/N=C1\CCCCc2ccccc21. The maximum absolute atomic E-state index is 12.4. The molecular weight excluding hydrogens is 360 g/mol. The van der Waals surface area contributed by atoms with Crippen LogP contribution in [0, 0.1) is 0 Å². The van der Waals surface area contributed by atoms with E-state index in [0.717, 1.165) is 48.1 Å². The van der Waals surface area contributed by atoms with Crippen LogP contribution in [0.5, 0.6) is 5.75 Å². The molecule has 0 aliphatic heterocycles. The summed E-state index contributed by atoms with van der Waals surface area (Å²) < 4.78 is 5.81. The number of hydrogen-bond donors (Lipinski definition) is 1. The van der Waals surface area contributed by atoms with Gasteiger partial charge in [0.1, 0.15) is 5.75 Å². The van der Waals surface area contributed by atoms with E-state index in [2.05, 4.69) is 28.7 Å². The predicted molar refractivity (Wildman–Crippen MR) is 116 cm³/mol. The summed E-state index contributed by atoms with van der Waals surface area (Å²) in [7, 11) is 0. The number of amides is 1. The number of ether oxygens (including phenoxy) is 1. The van der Waals surface area contributed by atoms with Gasteiger partial charge in [0.15, 0.2) is 6.61 Å². The van der Waals surface area contributed by atoms with E-state index in [0.29, 0.717) is 5.75 Å². The zero-order valence-electron chi connectivity index (χ0n) is 16.3. The molecule has 0 heterocycles. The molecule has 0 radical (unpaired) electrons. The number of carbonyl (C=O) groups is 1. The Balaban J connectivity index is 1.43. The Labute approximate surface area is 171 Å². The second-order valence-corrected chi connectivity index (χ2v) is 7.11. The standard InChI is InChI=1S/C25H24N2O2/c28-25(27-26-23-16-8-5-13-19-12-4-6-14-21(19)23)18-29-24-17-9-7-15-22(24)20-10-2-1-3-11-20/h1-4,6-7,9-12,14-15,17H,5,8,13,16,18H2,(H,27,28)/b26-23+. The molecule has 0 bridgehead atoms. The van der Waals surface area contributed by atoms with Crippen molar-refractivity contribution in [2.24, 2.45) is 5.10 Å². The summed E-state index contributed by atoms with van der Waals surface area (Å²) >= 11 is 0. The van der Waals surface area contributed by atoms with Crippen molar-refractivity contribution >= 4 is 11.6 Å². The Hall–Kier alpha value is -3.40. The molecule has 1 aliphatic rings. The van der Waals surface area contributed by atoms with Gasteiger partial charge in [-0.15, -0.1) is 0 Å². The predicted octanol–water partition coefficient (Wildman–Crippen LogP) is 4.98. The van der Waals surface area contributed by atoms with Crippen molar-refractivity contribution in [2.45, 2.75) is 25.7 Å². The van der Waals surface area contributed by atoms with Crippen molar-refractivity contribution in [1.82, 2.24) is 5.43 Å².